The van der Waals surface area contributed by atoms with Gasteiger partial charge in [-0.3, -0.25) is 19.7 Å². The van der Waals surface area contributed by atoms with Gasteiger partial charge in [-0.1, -0.05) is 64.5 Å². The number of hydrogen-bond acceptors (Lipinski definition) is 5. The monoisotopic (exact) mass is 504 g/mol. The fourth-order valence-electron chi connectivity index (χ4n) is 5.88. The number of methoxy groups -OCH3 is 1. The first-order valence-corrected chi connectivity index (χ1v) is 11.3. The standard InChI is InChI=1S/C25H17BrN2O5/c1-33-19-12-13(28(31)32)10-11-18(19)27-23(29)21-20-14-6-2-4-8-16(14)25(26,22(21)24(27)30)17-9-5-3-7-15(17)20/h2-12,20-22H,1H3/t20?,21-,22-,25?/m1/s1. The number of benzene rings is 3. The maximum Gasteiger partial charge on any atom is 0.273 e. The highest BCUT2D eigenvalue weighted by Gasteiger charge is 2.67. The molecular weight excluding hydrogens is 488 g/mol. The van der Waals surface area contributed by atoms with Crippen molar-refractivity contribution >= 4 is 39.1 Å². The highest BCUT2D eigenvalue weighted by molar-refractivity contribution is 9.09. The maximum absolute atomic E-state index is 13.9. The van der Waals surface area contributed by atoms with E-state index in [-0.39, 0.29) is 34.9 Å². The number of carbonyl (C=O) groups excluding carboxylic acids is 2. The molecule has 0 spiro atoms. The summed E-state index contributed by atoms with van der Waals surface area (Å²) in [5.41, 5.74) is 4.10. The topological polar surface area (TPSA) is 89.8 Å². The van der Waals surface area contributed by atoms with Crippen molar-refractivity contribution in [1.82, 2.24) is 0 Å². The molecule has 33 heavy (non-hydrogen) atoms. The SMILES string of the molecule is COc1cc([N+](=O)[O-])ccc1N1C(=O)[C@@H]2C3c4ccccc4C(Br)(c4ccccc43)[C@H]2C1=O. The third-order valence-corrected chi connectivity index (χ3v) is 8.48. The van der Waals surface area contributed by atoms with Crippen LogP contribution in [0, 0.1) is 22.0 Å². The number of ether oxygens (including phenoxy) is 1. The van der Waals surface area contributed by atoms with Gasteiger partial charge in [0.25, 0.3) is 5.69 Å². The van der Waals surface area contributed by atoms with Gasteiger partial charge in [0.15, 0.2) is 0 Å². The van der Waals surface area contributed by atoms with Crippen LogP contribution in [0.4, 0.5) is 11.4 Å². The van der Waals surface area contributed by atoms with Gasteiger partial charge in [-0.2, -0.15) is 0 Å². The number of hydrogen-bond donors (Lipinski definition) is 0. The number of anilines is 1. The summed E-state index contributed by atoms with van der Waals surface area (Å²) in [6.07, 6.45) is 0. The van der Waals surface area contributed by atoms with Crippen molar-refractivity contribution in [3.63, 3.8) is 0 Å². The summed E-state index contributed by atoms with van der Waals surface area (Å²) in [4.78, 5) is 39.7. The first-order chi connectivity index (χ1) is 15.9. The Labute approximate surface area is 197 Å². The molecule has 4 aliphatic rings. The molecule has 3 aromatic rings. The Morgan fingerprint density at radius 2 is 1.58 bits per heavy atom. The van der Waals surface area contributed by atoms with Crippen LogP contribution < -0.4 is 9.64 Å². The van der Waals surface area contributed by atoms with E-state index in [4.69, 9.17) is 4.74 Å². The number of alkyl halides is 1. The van der Waals surface area contributed by atoms with Crippen molar-refractivity contribution in [2.75, 3.05) is 12.0 Å². The molecule has 1 heterocycles. The minimum Gasteiger partial charge on any atom is -0.494 e. The molecule has 3 aromatic carbocycles. The number of carbonyl (C=O) groups is 2. The van der Waals surface area contributed by atoms with Crippen molar-refractivity contribution in [2.45, 2.75) is 10.2 Å². The lowest BCUT2D eigenvalue weighted by atomic mass is 9.55. The number of nitro groups is 1. The van der Waals surface area contributed by atoms with Crippen molar-refractivity contribution < 1.29 is 19.2 Å². The molecule has 1 fully saturated rings. The second kappa shape index (κ2) is 6.74. The van der Waals surface area contributed by atoms with Gasteiger partial charge in [0.2, 0.25) is 11.8 Å². The second-order valence-electron chi connectivity index (χ2n) is 8.49. The van der Waals surface area contributed by atoms with Gasteiger partial charge in [0.1, 0.15) is 5.75 Å². The Hall–Kier alpha value is -3.52. The molecule has 7 nitrogen and oxygen atoms in total. The van der Waals surface area contributed by atoms with Gasteiger partial charge in [0, 0.05) is 12.0 Å². The summed E-state index contributed by atoms with van der Waals surface area (Å²) in [6, 6.07) is 19.8. The van der Waals surface area contributed by atoms with Crippen LogP contribution in [-0.2, 0) is 13.9 Å². The van der Waals surface area contributed by atoms with Crippen molar-refractivity contribution in [1.29, 1.82) is 0 Å². The Morgan fingerprint density at radius 3 is 2.15 bits per heavy atom. The summed E-state index contributed by atoms with van der Waals surface area (Å²) in [5, 5.41) is 11.2. The number of rotatable bonds is 3. The molecule has 1 aliphatic heterocycles. The molecule has 8 heteroatoms. The molecule has 0 unspecified atom stereocenters. The third kappa shape index (κ3) is 2.39. The number of imide groups is 1. The van der Waals surface area contributed by atoms with Crippen LogP contribution in [-0.4, -0.2) is 23.8 Å². The summed E-state index contributed by atoms with van der Waals surface area (Å²) < 4.78 is 4.50. The predicted molar refractivity (Wildman–Crippen MR) is 124 cm³/mol. The highest BCUT2D eigenvalue weighted by atomic mass is 79.9. The second-order valence-corrected chi connectivity index (χ2v) is 9.74. The molecular formula is C25H17BrN2O5. The van der Waals surface area contributed by atoms with Crippen LogP contribution in [0.25, 0.3) is 0 Å². The minimum atomic E-state index is -0.852. The lowest BCUT2D eigenvalue weighted by Crippen LogP contribution is -2.50. The van der Waals surface area contributed by atoms with Crippen molar-refractivity contribution in [3.05, 3.63) is 99.1 Å². The average molecular weight is 505 g/mol. The first kappa shape index (κ1) is 20.1. The van der Waals surface area contributed by atoms with E-state index in [1.165, 1.54) is 25.3 Å². The largest absolute Gasteiger partial charge is 0.494 e. The van der Waals surface area contributed by atoms with Gasteiger partial charge < -0.3 is 4.74 Å². The van der Waals surface area contributed by atoms with Gasteiger partial charge in [-0.15, -0.1) is 0 Å². The fraction of sp³-hybridized carbons (Fsp3) is 0.200. The van der Waals surface area contributed by atoms with E-state index in [0.717, 1.165) is 27.2 Å². The summed E-state index contributed by atoms with van der Waals surface area (Å²) in [7, 11) is 1.36. The van der Waals surface area contributed by atoms with Gasteiger partial charge in [-0.25, -0.2) is 4.90 Å². The zero-order chi connectivity index (χ0) is 23.1. The Bertz CT molecular complexity index is 1340. The lowest BCUT2D eigenvalue weighted by molar-refractivity contribution is -0.384. The van der Waals surface area contributed by atoms with Crippen LogP contribution in [0.3, 0.4) is 0 Å². The quantitative estimate of drug-likeness (QED) is 0.226. The van der Waals surface area contributed by atoms with E-state index in [1.54, 1.807) is 0 Å². The fourth-order valence-corrected chi connectivity index (χ4v) is 7.08. The number of non-ortho nitro benzene ring substituents is 1. The Morgan fingerprint density at radius 1 is 0.970 bits per heavy atom. The number of nitro benzene ring substituents is 1. The number of halogens is 1. The first-order valence-electron chi connectivity index (χ1n) is 10.5. The average Bonchev–Trinajstić information content (AvgIpc) is 3.10. The summed E-state index contributed by atoms with van der Waals surface area (Å²) in [6.45, 7) is 0. The molecule has 1 saturated heterocycles. The zero-order valence-electron chi connectivity index (χ0n) is 17.4. The van der Waals surface area contributed by atoms with E-state index in [9.17, 15) is 19.7 Å². The molecule has 0 N–H and O–H groups in total. The van der Waals surface area contributed by atoms with Crippen LogP contribution in [0.15, 0.2) is 66.7 Å². The van der Waals surface area contributed by atoms with E-state index in [1.807, 2.05) is 48.5 Å². The number of nitrogens with zero attached hydrogens (tertiary/aromatic N) is 2. The van der Waals surface area contributed by atoms with Crippen molar-refractivity contribution in [3.8, 4) is 5.75 Å². The molecule has 0 aromatic heterocycles. The molecule has 2 atom stereocenters. The van der Waals surface area contributed by atoms with Gasteiger partial charge in [0.05, 0.1) is 39.9 Å². The third-order valence-electron chi connectivity index (χ3n) is 7.13. The van der Waals surface area contributed by atoms with Gasteiger partial charge in [-0.05, 0) is 28.3 Å². The normalized spacial score (nSPS) is 26.6. The van der Waals surface area contributed by atoms with Crippen LogP contribution in [0.1, 0.15) is 28.2 Å². The van der Waals surface area contributed by atoms with Crippen molar-refractivity contribution in [2.24, 2.45) is 11.8 Å². The van der Waals surface area contributed by atoms with E-state index in [0.29, 0.717) is 0 Å². The van der Waals surface area contributed by atoms with Crippen LogP contribution >= 0.6 is 15.9 Å². The van der Waals surface area contributed by atoms with Crippen LogP contribution in [0.2, 0.25) is 0 Å². The molecule has 2 amide bonds. The minimum absolute atomic E-state index is 0.107. The number of amides is 2. The maximum atomic E-state index is 13.9. The van der Waals surface area contributed by atoms with E-state index in [2.05, 4.69) is 15.9 Å². The highest BCUT2D eigenvalue weighted by Crippen LogP contribution is 2.66. The summed E-state index contributed by atoms with van der Waals surface area (Å²) in [5.74, 6) is -2.07. The molecule has 3 aliphatic carbocycles. The Kier molecular flexibility index (Phi) is 4.11. The summed E-state index contributed by atoms with van der Waals surface area (Å²) >= 11 is 3.95. The molecule has 7 rings (SSSR count). The smallest absolute Gasteiger partial charge is 0.273 e. The van der Waals surface area contributed by atoms with Crippen LogP contribution in [0.5, 0.6) is 5.75 Å². The van der Waals surface area contributed by atoms with Gasteiger partial charge >= 0.3 is 0 Å². The lowest BCUT2D eigenvalue weighted by Gasteiger charge is -2.51. The molecule has 2 bridgehead atoms. The Balaban J connectivity index is 1.57. The predicted octanol–water partition coefficient (Wildman–Crippen LogP) is 4.51. The molecule has 164 valence electrons. The zero-order valence-corrected chi connectivity index (χ0v) is 19.0. The molecule has 0 saturated carbocycles. The molecule has 0 radical (unpaired) electrons. The van der Waals surface area contributed by atoms with E-state index < -0.39 is 21.1 Å². The van der Waals surface area contributed by atoms with E-state index >= 15 is 0 Å².